The number of hydrogen-bond acceptors (Lipinski definition) is 7. The number of aliphatic hydroxyl groups is 3. The Labute approximate surface area is 95.9 Å². The number of ether oxygens (including phenoxy) is 1. The van der Waals surface area contributed by atoms with E-state index in [0.29, 0.717) is 0 Å². The molecule has 0 radical (unpaired) electrons. The fourth-order valence-corrected chi connectivity index (χ4v) is 1.78. The van der Waals surface area contributed by atoms with E-state index in [1.54, 1.807) is 0 Å². The van der Waals surface area contributed by atoms with Crippen molar-refractivity contribution in [1.29, 1.82) is 0 Å². The molecule has 94 valence electrons. The standard InChI is InChI=1S/C9H13N3O5/c10-5-1-2-11-9(16)12(5)8-7(15)6(14)4(3-13)17-8/h1-2,4,6-8,13-15H,3,10H2/t4-,6-,7+,8-/m1/s1. The molecule has 1 fully saturated rings. The largest absolute Gasteiger partial charge is 0.394 e. The first-order valence-electron chi connectivity index (χ1n) is 5.01. The van der Waals surface area contributed by atoms with E-state index < -0.39 is 36.8 Å². The first kappa shape index (κ1) is 12.0. The molecule has 1 aliphatic heterocycles. The Morgan fingerprint density at radius 1 is 1.47 bits per heavy atom. The van der Waals surface area contributed by atoms with Crippen LogP contribution < -0.4 is 11.4 Å². The third-order valence-electron chi connectivity index (χ3n) is 2.69. The zero-order valence-electron chi connectivity index (χ0n) is 8.80. The number of rotatable bonds is 2. The van der Waals surface area contributed by atoms with Crippen molar-refractivity contribution in [3.8, 4) is 0 Å². The summed E-state index contributed by atoms with van der Waals surface area (Å²) in [6.45, 7) is -0.469. The molecule has 5 N–H and O–H groups in total. The number of nitrogens with zero attached hydrogens (tertiary/aromatic N) is 2. The topological polar surface area (TPSA) is 131 Å². The summed E-state index contributed by atoms with van der Waals surface area (Å²) in [6, 6.07) is 1.37. The second-order valence-electron chi connectivity index (χ2n) is 3.75. The molecule has 0 amide bonds. The number of nitrogen functional groups attached to an aromatic ring is 1. The van der Waals surface area contributed by atoms with Crippen LogP contribution in [0.5, 0.6) is 0 Å². The summed E-state index contributed by atoms with van der Waals surface area (Å²) in [6.07, 6.45) is -3.51. The van der Waals surface area contributed by atoms with Crippen LogP contribution in [0.1, 0.15) is 6.23 Å². The molecule has 0 bridgehead atoms. The fraction of sp³-hybridized carbons (Fsp3) is 0.556. The second-order valence-corrected chi connectivity index (χ2v) is 3.75. The van der Waals surface area contributed by atoms with Gasteiger partial charge in [-0.25, -0.2) is 14.3 Å². The van der Waals surface area contributed by atoms with E-state index in [-0.39, 0.29) is 5.82 Å². The molecule has 8 nitrogen and oxygen atoms in total. The predicted molar refractivity (Wildman–Crippen MR) is 55.9 cm³/mol. The lowest BCUT2D eigenvalue weighted by molar-refractivity contribution is -0.0538. The van der Waals surface area contributed by atoms with Crippen molar-refractivity contribution in [1.82, 2.24) is 9.55 Å². The Balaban J connectivity index is 2.39. The van der Waals surface area contributed by atoms with E-state index in [1.807, 2.05) is 0 Å². The molecule has 0 aromatic carbocycles. The highest BCUT2D eigenvalue weighted by atomic mass is 16.6. The van der Waals surface area contributed by atoms with Gasteiger partial charge in [-0.3, -0.25) is 0 Å². The van der Waals surface area contributed by atoms with E-state index in [4.69, 9.17) is 15.6 Å². The molecular weight excluding hydrogens is 230 g/mol. The SMILES string of the molecule is Nc1ccnc(=O)n1[C@@H]1O[C@H](CO)[C@@H](O)[C@@H]1O. The summed E-state index contributed by atoms with van der Waals surface area (Å²) in [5.74, 6) is 0.0554. The summed E-state index contributed by atoms with van der Waals surface area (Å²) in [5.41, 5.74) is 4.89. The van der Waals surface area contributed by atoms with Crippen LogP contribution in [0.25, 0.3) is 0 Å². The van der Waals surface area contributed by atoms with Crippen LogP contribution in [0.2, 0.25) is 0 Å². The summed E-state index contributed by atoms with van der Waals surface area (Å²) >= 11 is 0. The number of anilines is 1. The minimum atomic E-state index is -1.35. The van der Waals surface area contributed by atoms with Gasteiger partial charge < -0.3 is 25.8 Å². The van der Waals surface area contributed by atoms with Gasteiger partial charge in [-0.1, -0.05) is 0 Å². The number of aromatic nitrogens is 2. The van der Waals surface area contributed by atoms with E-state index >= 15 is 0 Å². The average molecular weight is 243 g/mol. The van der Waals surface area contributed by atoms with Gasteiger partial charge in [0, 0.05) is 6.20 Å². The van der Waals surface area contributed by atoms with Crippen LogP contribution in [0.4, 0.5) is 5.82 Å². The summed E-state index contributed by atoms with van der Waals surface area (Å²) in [5, 5.41) is 28.2. The van der Waals surface area contributed by atoms with Gasteiger partial charge in [0.05, 0.1) is 6.61 Å². The first-order valence-corrected chi connectivity index (χ1v) is 5.01. The van der Waals surface area contributed by atoms with Gasteiger partial charge >= 0.3 is 5.69 Å². The minimum absolute atomic E-state index is 0.0554. The summed E-state index contributed by atoms with van der Waals surface area (Å²) < 4.78 is 6.11. The maximum atomic E-state index is 11.5. The second kappa shape index (κ2) is 4.41. The van der Waals surface area contributed by atoms with Gasteiger partial charge in [0.15, 0.2) is 6.23 Å². The molecule has 17 heavy (non-hydrogen) atoms. The Kier molecular flexibility index (Phi) is 3.11. The van der Waals surface area contributed by atoms with Crippen molar-refractivity contribution in [2.75, 3.05) is 12.3 Å². The molecule has 1 saturated heterocycles. The molecule has 0 spiro atoms. The number of aliphatic hydroxyl groups excluding tert-OH is 3. The van der Waals surface area contributed by atoms with Crippen molar-refractivity contribution < 1.29 is 20.1 Å². The maximum Gasteiger partial charge on any atom is 0.351 e. The molecule has 0 unspecified atom stereocenters. The third-order valence-corrected chi connectivity index (χ3v) is 2.69. The number of hydrogen-bond donors (Lipinski definition) is 4. The van der Waals surface area contributed by atoms with Crippen LogP contribution in [0, 0.1) is 0 Å². The maximum absolute atomic E-state index is 11.5. The monoisotopic (exact) mass is 243 g/mol. The molecule has 1 aromatic rings. The van der Waals surface area contributed by atoms with Crippen molar-refractivity contribution in [3.05, 3.63) is 22.7 Å². The average Bonchev–Trinajstić information content (AvgIpc) is 2.57. The van der Waals surface area contributed by atoms with Gasteiger partial charge in [0.2, 0.25) is 0 Å². The summed E-state index contributed by atoms with van der Waals surface area (Å²) in [7, 11) is 0. The van der Waals surface area contributed by atoms with Crippen molar-refractivity contribution in [3.63, 3.8) is 0 Å². The van der Waals surface area contributed by atoms with E-state index in [1.165, 1.54) is 12.3 Å². The zero-order valence-corrected chi connectivity index (χ0v) is 8.80. The molecule has 1 aromatic heterocycles. The van der Waals surface area contributed by atoms with Crippen LogP contribution in [0.3, 0.4) is 0 Å². The van der Waals surface area contributed by atoms with E-state index in [2.05, 4.69) is 4.98 Å². The van der Waals surface area contributed by atoms with Crippen molar-refractivity contribution in [2.24, 2.45) is 0 Å². The van der Waals surface area contributed by atoms with Gasteiger partial charge in [-0.2, -0.15) is 0 Å². The van der Waals surface area contributed by atoms with Crippen LogP contribution in [0.15, 0.2) is 17.1 Å². The van der Waals surface area contributed by atoms with Crippen molar-refractivity contribution in [2.45, 2.75) is 24.5 Å². The smallest absolute Gasteiger partial charge is 0.351 e. The molecule has 2 heterocycles. The zero-order chi connectivity index (χ0) is 12.6. The number of nitrogens with two attached hydrogens (primary N) is 1. The molecular formula is C9H13N3O5. The molecule has 4 atom stereocenters. The highest BCUT2D eigenvalue weighted by Gasteiger charge is 2.44. The van der Waals surface area contributed by atoms with Gasteiger partial charge in [-0.15, -0.1) is 0 Å². The highest BCUT2D eigenvalue weighted by Crippen LogP contribution is 2.29. The van der Waals surface area contributed by atoms with E-state index in [9.17, 15) is 15.0 Å². The van der Waals surface area contributed by atoms with Crippen LogP contribution >= 0.6 is 0 Å². The van der Waals surface area contributed by atoms with Gasteiger partial charge in [0.25, 0.3) is 0 Å². The lowest BCUT2D eigenvalue weighted by atomic mass is 10.1. The van der Waals surface area contributed by atoms with E-state index in [0.717, 1.165) is 4.57 Å². The van der Waals surface area contributed by atoms with Gasteiger partial charge in [-0.05, 0) is 6.07 Å². The highest BCUT2D eigenvalue weighted by molar-refractivity contribution is 5.27. The Hall–Kier alpha value is -1.48. The van der Waals surface area contributed by atoms with Gasteiger partial charge in [0.1, 0.15) is 24.1 Å². The Morgan fingerprint density at radius 3 is 2.71 bits per heavy atom. The normalized spacial score (nSPS) is 32.9. The molecule has 8 heteroatoms. The van der Waals surface area contributed by atoms with Crippen LogP contribution in [-0.4, -0.2) is 49.8 Å². The molecule has 0 aliphatic carbocycles. The predicted octanol–water partition coefficient (Wildman–Crippen LogP) is -2.56. The molecule has 1 aliphatic rings. The Bertz CT molecular complexity index is 462. The summed E-state index contributed by atoms with van der Waals surface area (Å²) in [4.78, 5) is 15.0. The molecule has 2 rings (SSSR count). The first-order chi connectivity index (χ1) is 8.06. The lowest BCUT2D eigenvalue weighted by Crippen LogP contribution is -2.36. The Morgan fingerprint density at radius 2 is 2.18 bits per heavy atom. The quantitative estimate of drug-likeness (QED) is 0.449. The van der Waals surface area contributed by atoms with Crippen LogP contribution in [-0.2, 0) is 4.74 Å². The fourth-order valence-electron chi connectivity index (χ4n) is 1.78. The van der Waals surface area contributed by atoms with Crippen molar-refractivity contribution >= 4 is 5.82 Å². The minimum Gasteiger partial charge on any atom is -0.394 e. The lowest BCUT2D eigenvalue weighted by Gasteiger charge is -2.18. The third kappa shape index (κ3) is 1.91. The molecule has 0 saturated carbocycles.